The van der Waals surface area contributed by atoms with Crippen molar-refractivity contribution in [2.75, 3.05) is 0 Å². The van der Waals surface area contributed by atoms with Gasteiger partial charge in [0, 0.05) is 18.5 Å². The highest BCUT2D eigenvalue weighted by Gasteiger charge is 2.43. The molecule has 1 fully saturated rings. The Labute approximate surface area is 140 Å². The van der Waals surface area contributed by atoms with E-state index in [2.05, 4.69) is 16.8 Å². The number of pyridine rings is 1. The number of nitrogens with zero attached hydrogens (tertiary/aromatic N) is 1. The molecule has 0 spiro atoms. The van der Waals surface area contributed by atoms with Gasteiger partial charge in [0.25, 0.3) is 0 Å². The third kappa shape index (κ3) is 3.62. The Morgan fingerprint density at radius 3 is 2.62 bits per heavy atom. The van der Waals surface area contributed by atoms with Gasteiger partial charge >= 0.3 is 5.97 Å². The van der Waals surface area contributed by atoms with Crippen LogP contribution >= 0.6 is 0 Å². The summed E-state index contributed by atoms with van der Waals surface area (Å²) in [4.78, 5) is 15.6. The monoisotopic (exact) mass is 323 g/mol. The van der Waals surface area contributed by atoms with Gasteiger partial charge in [-0.2, -0.15) is 0 Å². The fourth-order valence-electron chi connectivity index (χ4n) is 3.25. The number of hydrogen-bond acceptors (Lipinski definition) is 2. The lowest BCUT2D eigenvalue weighted by Gasteiger charge is -2.35. The number of carbonyl (C=O) groups is 1. The Morgan fingerprint density at radius 2 is 1.96 bits per heavy atom. The lowest BCUT2D eigenvalue weighted by Crippen LogP contribution is -2.37. The topological polar surface area (TPSA) is 50.2 Å². The highest BCUT2D eigenvalue weighted by Crippen LogP contribution is 2.44. The second-order valence-corrected chi connectivity index (χ2v) is 6.13. The van der Waals surface area contributed by atoms with Gasteiger partial charge in [-0.15, -0.1) is 0 Å². The van der Waals surface area contributed by atoms with Crippen molar-refractivity contribution in [3.63, 3.8) is 0 Å². The second kappa shape index (κ2) is 6.84. The average Bonchev–Trinajstić information content (AvgIpc) is 2.61. The summed E-state index contributed by atoms with van der Waals surface area (Å²) in [6, 6.07) is 14.6. The van der Waals surface area contributed by atoms with Crippen molar-refractivity contribution in [3.05, 3.63) is 66.0 Å². The zero-order valence-electron chi connectivity index (χ0n) is 13.2. The summed E-state index contributed by atoms with van der Waals surface area (Å²) in [5.41, 5.74) is -0.318. The molecule has 1 heterocycles. The zero-order chi connectivity index (χ0) is 17.0. The van der Waals surface area contributed by atoms with Crippen LogP contribution in [0.15, 0.2) is 54.7 Å². The first kappa shape index (κ1) is 16.2. The number of aliphatic carboxylic acids is 1. The third-order valence-corrected chi connectivity index (χ3v) is 4.51. The first-order chi connectivity index (χ1) is 11.6. The van der Waals surface area contributed by atoms with E-state index in [1.54, 1.807) is 24.4 Å². The Balaban J connectivity index is 1.87. The van der Waals surface area contributed by atoms with E-state index in [1.165, 1.54) is 0 Å². The van der Waals surface area contributed by atoms with Crippen LogP contribution in [0.1, 0.15) is 36.4 Å². The summed E-state index contributed by atoms with van der Waals surface area (Å²) in [6.45, 7) is 0. The highest BCUT2D eigenvalue weighted by atomic mass is 19.1. The number of benzene rings is 1. The van der Waals surface area contributed by atoms with Gasteiger partial charge in [0.05, 0.1) is 5.92 Å². The van der Waals surface area contributed by atoms with E-state index in [-0.39, 0.29) is 25.2 Å². The Kier molecular flexibility index (Phi) is 4.61. The minimum Gasteiger partial charge on any atom is -0.481 e. The lowest BCUT2D eigenvalue weighted by atomic mass is 9.70. The van der Waals surface area contributed by atoms with Gasteiger partial charge in [0.1, 0.15) is 5.69 Å². The van der Waals surface area contributed by atoms with E-state index < -0.39 is 17.6 Å². The second-order valence-electron chi connectivity index (χ2n) is 6.13. The molecule has 1 aromatic carbocycles. The summed E-state index contributed by atoms with van der Waals surface area (Å²) in [5, 5.41) is 9.48. The van der Waals surface area contributed by atoms with Gasteiger partial charge in [0.2, 0.25) is 0 Å². The summed E-state index contributed by atoms with van der Waals surface area (Å²) in [7, 11) is 0. The summed E-state index contributed by atoms with van der Waals surface area (Å²) in [6.07, 6.45) is 2.12. The number of carboxylic acids is 1. The molecule has 4 heteroatoms. The quantitative estimate of drug-likeness (QED) is 0.855. The summed E-state index contributed by atoms with van der Waals surface area (Å²) >= 11 is 0. The Hall–Kier alpha value is -2.67. The fraction of sp³-hybridized carbons (Fsp3) is 0.300. The normalized spacial score (nSPS) is 26.2. The van der Waals surface area contributed by atoms with Crippen molar-refractivity contribution in [2.24, 2.45) is 5.92 Å². The maximum absolute atomic E-state index is 15.2. The molecule has 1 aromatic heterocycles. The molecule has 1 aliphatic carbocycles. The maximum atomic E-state index is 15.2. The van der Waals surface area contributed by atoms with Crippen LogP contribution in [0.3, 0.4) is 0 Å². The van der Waals surface area contributed by atoms with Gasteiger partial charge in [0.15, 0.2) is 5.67 Å². The molecule has 1 unspecified atom stereocenters. The number of alkyl halides is 1. The average molecular weight is 323 g/mol. The molecule has 3 rings (SSSR count). The molecule has 3 nitrogen and oxygen atoms in total. The first-order valence-corrected chi connectivity index (χ1v) is 7.98. The van der Waals surface area contributed by atoms with Crippen LogP contribution in [0.5, 0.6) is 0 Å². The number of rotatable bonds is 2. The molecule has 0 bridgehead atoms. The van der Waals surface area contributed by atoms with E-state index >= 15 is 4.39 Å². The minimum absolute atomic E-state index is 0.0911. The van der Waals surface area contributed by atoms with Crippen LogP contribution in [0.2, 0.25) is 0 Å². The molecule has 0 radical (unpaired) electrons. The predicted molar refractivity (Wildman–Crippen MR) is 89.1 cm³/mol. The van der Waals surface area contributed by atoms with Crippen LogP contribution in [0, 0.1) is 17.8 Å². The van der Waals surface area contributed by atoms with Crippen molar-refractivity contribution in [1.29, 1.82) is 0 Å². The molecule has 0 saturated heterocycles. The van der Waals surface area contributed by atoms with Gasteiger partial charge in [-0.05, 0) is 36.5 Å². The van der Waals surface area contributed by atoms with Gasteiger partial charge < -0.3 is 5.11 Å². The molecule has 0 aliphatic heterocycles. The van der Waals surface area contributed by atoms with Crippen molar-refractivity contribution < 1.29 is 14.3 Å². The predicted octanol–water partition coefficient (Wildman–Crippen LogP) is 3.81. The molecule has 1 N–H and O–H groups in total. The molecule has 122 valence electrons. The van der Waals surface area contributed by atoms with Crippen molar-refractivity contribution in [3.8, 4) is 11.8 Å². The largest absolute Gasteiger partial charge is 0.481 e. The number of carboxylic acid groups (broad SMARTS) is 1. The Bertz CT molecular complexity index is 766. The van der Waals surface area contributed by atoms with Crippen LogP contribution in [-0.2, 0) is 4.79 Å². The molecule has 24 heavy (non-hydrogen) atoms. The van der Waals surface area contributed by atoms with E-state index in [0.717, 1.165) is 5.56 Å². The van der Waals surface area contributed by atoms with Crippen LogP contribution in [-0.4, -0.2) is 21.7 Å². The van der Waals surface area contributed by atoms with Crippen LogP contribution in [0.4, 0.5) is 4.39 Å². The van der Waals surface area contributed by atoms with Crippen LogP contribution < -0.4 is 0 Å². The summed E-state index contributed by atoms with van der Waals surface area (Å²) in [5.74, 6) is 3.67. The van der Waals surface area contributed by atoms with Crippen molar-refractivity contribution in [2.45, 2.75) is 30.8 Å². The molecule has 1 aliphatic rings. The first-order valence-electron chi connectivity index (χ1n) is 7.98. The van der Waals surface area contributed by atoms with Crippen molar-refractivity contribution >= 4 is 5.97 Å². The minimum atomic E-state index is -1.69. The molecular formula is C20H18FNO2. The number of halogens is 1. The highest BCUT2D eigenvalue weighted by molar-refractivity contribution is 5.71. The van der Waals surface area contributed by atoms with E-state index in [4.69, 9.17) is 0 Å². The third-order valence-electron chi connectivity index (χ3n) is 4.51. The summed E-state index contributed by atoms with van der Waals surface area (Å²) < 4.78 is 15.2. The van der Waals surface area contributed by atoms with Crippen molar-refractivity contribution in [1.82, 2.24) is 4.98 Å². The molecule has 3 atom stereocenters. The number of aromatic nitrogens is 1. The molecule has 1 saturated carbocycles. The van der Waals surface area contributed by atoms with E-state index in [0.29, 0.717) is 5.69 Å². The van der Waals surface area contributed by atoms with Gasteiger partial charge in [-0.3, -0.25) is 4.79 Å². The molecule has 0 amide bonds. The SMILES string of the molecule is O=C(O)[C@@H]1CCC(F)(C#Cc2ccccn2)C[C@H]1c1ccccc1. The zero-order valence-corrected chi connectivity index (χ0v) is 13.2. The maximum Gasteiger partial charge on any atom is 0.307 e. The Morgan fingerprint density at radius 1 is 1.21 bits per heavy atom. The van der Waals surface area contributed by atoms with Crippen LogP contribution in [0.25, 0.3) is 0 Å². The van der Waals surface area contributed by atoms with Gasteiger partial charge in [-0.25, -0.2) is 9.37 Å². The standard InChI is InChI=1S/C20H18FNO2/c21-20(11-9-16-8-4-5-13-22-16)12-10-17(19(23)24)18(14-20)15-6-2-1-3-7-15/h1-8,13,17-18H,10,12,14H2,(H,23,24)/t17-,18+,20?/m1/s1. The fourth-order valence-corrected chi connectivity index (χ4v) is 3.25. The van der Waals surface area contributed by atoms with Gasteiger partial charge in [-0.1, -0.05) is 42.3 Å². The molecule has 2 aromatic rings. The lowest BCUT2D eigenvalue weighted by molar-refractivity contribution is -0.144. The van der Waals surface area contributed by atoms with E-state index in [1.807, 2.05) is 30.3 Å². The number of hydrogen-bond donors (Lipinski definition) is 1. The smallest absolute Gasteiger partial charge is 0.307 e. The van der Waals surface area contributed by atoms with E-state index in [9.17, 15) is 9.90 Å². The molecular weight excluding hydrogens is 305 g/mol.